The Balaban J connectivity index is 1.81. The first-order valence-electron chi connectivity index (χ1n) is 7.33. The first kappa shape index (κ1) is 14.3. The molecule has 0 aliphatic rings. The van der Waals surface area contributed by atoms with E-state index in [1.165, 1.54) is 5.56 Å². The van der Waals surface area contributed by atoms with Gasteiger partial charge in [0.25, 0.3) is 5.91 Å². The molecule has 0 fully saturated rings. The van der Waals surface area contributed by atoms with Gasteiger partial charge in [-0.1, -0.05) is 48.0 Å². The number of carbonyl (C=O) groups excluding carboxylic acids is 1. The summed E-state index contributed by atoms with van der Waals surface area (Å²) >= 11 is 0. The molecule has 1 amide bonds. The zero-order valence-electron chi connectivity index (χ0n) is 12.8. The molecule has 1 aromatic heterocycles. The monoisotopic (exact) mass is 290 g/mol. The minimum atomic E-state index is -0.0859. The number of rotatable bonds is 3. The number of fused-ring (bicyclic) bond motifs is 1. The number of hydrogen-bond donors (Lipinski definition) is 1. The fourth-order valence-corrected chi connectivity index (χ4v) is 2.54. The third-order valence-corrected chi connectivity index (χ3v) is 3.69. The normalized spacial score (nSPS) is 10.6. The SMILES string of the molecule is Cc1cccc(CNC(=O)c2cc3ccccc3nc2C)c1. The molecule has 0 saturated heterocycles. The Hall–Kier alpha value is -2.68. The van der Waals surface area contributed by atoms with E-state index in [2.05, 4.69) is 16.4 Å². The van der Waals surface area contributed by atoms with Crippen molar-refractivity contribution in [2.24, 2.45) is 0 Å². The molecule has 0 atom stereocenters. The van der Waals surface area contributed by atoms with E-state index >= 15 is 0 Å². The molecule has 3 aromatic rings. The summed E-state index contributed by atoms with van der Waals surface area (Å²) in [5.74, 6) is -0.0859. The van der Waals surface area contributed by atoms with Gasteiger partial charge in [0.1, 0.15) is 0 Å². The van der Waals surface area contributed by atoms with E-state index in [0.29, 0.717) is 12.1 Å². The maximum absolute atomic E-state index is 12.4. The fraction of sp³-hybridized carbons (Fsp3) is 0.158. The predicted octanol–water partition coefficient (Wildman–Crippen LogP) is 3.78. The van der Waals surface area contributed by atoms with Crippen LogP contribution in [0.2, 0.25) is 0 Å². The van der Waals surface area contributed by atoms with Crippen molar-refractivity contribution in [1.29, 1.82) is 0 Å². The van der Waals surface area contributed by atoms with Crippen molar-refractivity contribution in [2.45, 2.75) is 20.4 Å². The summed E-state index contributed by atoms with van der Waals surface area (Å²) in [6.45, 7) is 4.43. The second-order valence-corrected chi connectivity index (χ2v) is 5.49. The van der Waals surface area contributed by atoms with Crippen LogP contribution in [0.15, 0.2) is 54.6 Å². The Bertz CT molecular complexity index is 840. The highest BCUT2D eigenvalue weighted by Crippen LogP contribution is 2.16. The second-order valence-electron chi connectivity index (χ2n) is 5.49. The first-order chi connectivity index (χ1) is 10.6. The van der Waals surface area contributed by atoms with Crippen LogP contribution in [0, 0.1) is 13.8 Å². The minimum absolute atomic E-state index is 0.0859. The van der Waals surface area contributed by atoms with Crippen LogP contribution in [-0.4, -0.2) is 10.9 Å². The van der Waals surface area contributed by atoms with Gasteiger partial charge in [0, 0.05) is 11.9 Å². The predicted molar refractivity (Wildman–Crippen MR) is 88.8 cm³/mol. The molecule has 110 valence electrons. The van der Waals surface area contributed by atoms with Gasteiger partial charge in [0.2, 0.25) is 0 Å². The molecule has 0 spiro atoms. The van der Waals surface area contributed by atoms with Crippen LogP contribution in [0.25, 0.3) is 10.9 Å². The van der Waals surface area contributed by atoms with Crippen LogP contribution in [0.4, 0.5) is 0 Å². The van der Waals surface area contributed by atoms with E-state index in [1.807, 2.05) is 62.4 Å². The van der Waals surface area contributed by atoms with Crippen molar-refractivity contribution in [3.05, 3.63) is 77.0 Å². The number of pyridine rings is 1. The lowest BCUT2D eigenvalue weighted by Crippen LogP contribution is -2.24. The van der Waals surface area contributed by atoms with Crippen molar-refractivity contribution in [1.82, 2.24) is 10.3 Å². The average molecular weight is 290 g/mol. The fourth-order valence-electron chi connectivity index (χ4n) is 2.54. The Morgan fingerprint density at radius 1 is 1.05 bits per heavy atom. The van der Waals surface area contributed by atoms with Crippen LogP contribution >= 0.6 is 0 Å². The number of carbonyl (C=O) groups is 1. The van der Waals surface area contributed by atoms with E-state index in [0.717, 1.165) is 22.2 Å². The van der Waals surface area contributed by atoms with Crippen molar-refractivity contribution in [3.8, 4) is 0 Å². The minimum Gasteiger partial charge on any atom is -0.348 e. The molecular weight excluding hydrogens is 272 g/mol. The molecule has 3 nitrogen and oxygen atoms in total. The third kappa shape index (κ3) is 2.98. The van der Waals surface area contributed by atoms with Gasteiger partial charge in [-0.2, -0.15) is 0 Å². The molecule has 2 aromatic carbocycles. The van der Waals surface area contributed by atoms with Gasteiger partial charge in [-0.25, -0.2) is 0 Å². The summed E-state index contributed by atoms with van der Waals surface area (Å²) in [4.78, 5) is 16.9. The van der Waals surface area contributed by atoms with Gasteiger partial charge in [0.05, 0.1) is 16.8 Å². The number of aryl methyl sites for hydroxylation is 2. The lowest BCUT2D eigenvalue weighted by molar-refractivity contribution is 0.0950. The standard InChI is InChI=1S/C19H18N2O/c1-13-6-5-7-15(10-13)12-20-19(22)17-11-16-8-3-4-9-18(16)21-14(17)2/h3-11H,12H2,1-2H3,(H,20,22). The van der Waals surface area contributed by atoms with Crippen LogP contribution in [0.5, 0.6) is 0 Å². The maximum atomic E-state index is 12.4. The molecular formula is C19H18N2O. The van der Waals surface area contributed by atoms with E-state index in [1.54, 1.807) is 0 Å². The molecule has 0 unspecified atom stereocenters. The lowest BCUT2D eigenvalue weighted by atomic mass is 10.1. The van der Waals surface area contributed by atoms with E-state index < -0.39 is 0 Å². The van der Waals surface area contributed by atoms with Gasteiger partial charge < -0.3 is 5.32 Å². The summed E-state index contributed by atoms with van der Waals surface area (Å²) in [7, 11) is 0. The summed E-state index contributed by atoms with van der Waals surface area (Å²) in [6, 6.07) is 17.9. The topological polar surface area (TPSA) is 42.0 Å². The number of amides is 1. The molecule has 3 rings (SSSR count). The van der Waals surface area contributed by atoms with Crippen molar-refractivity contribution >= 4 is 16.8 Å². The van der Waals surface area contributed by atoms with Crippen LogP contribution in [0.1, 0.15) is 27.2 Å². The molecule has 0 saturated carbocycles. The third-order valence-electron chi connectivity index (χ3n) is 3.69. The first-order valence-corrected chi connectivity index (χ1v) is 7.33. The molecule has 0 bridgehead atoms. The van der Waals surface area contributed by atoms with E-state index in [4.69, 9.17) is 0 Å². The molecule has 1 heterocycles. The van der Waals surface area contributed by atoms with Gasteiger partial charge in [0.15, 0.2) is 0 Å². The molecule has 22 heavy (non-hydrogen) atoms. The van der Waals surface area contributed by atoms with E-state index in [9.17, 15) is 4.79 Å². The largest absolute Gasteiger partial charge is 0.348 e. The van der Waals surface area contributed by atoms with Crippen molar-refractivity contribution < 1.29 is 4.79 Å². The lowest BCUT2D eigenvalue weighted by Gasteiger charge is -2.09. The van der Waals surface area contributed by atoms with Crippen LogP contribution in [0.3, 0.4) is 0 Å². The van der Waals surface area contributed by atoms with Gasteiger partial charge in [-0.3, -0.25) is 9.78 Å². The highest BCUT2D eigenvalue weighted by Gasteiger charge is 2.11. The highest BCUT2D eigenvalue weighted by molar-refractivity contribution is 5.98. The summed E-state index contributed by atoms with van der Waals surface area (Å²) < 4.78 is 0. The summed E-state index contributed by atoms with van der Waals surface area (Å²) in [5.41, 5.74) is 4.58. The molecule has 0 aliphatic heterocycles. The van der Waals surface area contributed by atoms with Crippen molar-refractivity contribution in [3.63, 3.8) is 0 Å². The number of nitrogens with one attached hydrogen (secondary N) is 1. The molecule has 0 aliphatic carbocycles. The molecule has 0 radical (unpaired) electrons. The number of para-hydroxylation sites is 1. The second kappa shape index (κ2) is 5.98. The zero-order valence-corrected chi connectivity index (χ0v) is 12.8. The number of aromatic nitrogens is 1. The van der Waals surface area contributed by atoms with Gasteiger partial charge >= 0.3 is 0 Å². The molecule has 1 N–H and O–H groups in total. The Kier molecular flexibility index (Phi) is 3.88. The van der Waals surface area contributed by atoms with Gasteiger partial charge in [-0.15, -0.1) is 0 Å². The number of benzene rings is 2. The van der Waals surface area contributed by atoms with Crippen molar-refractivity contribution in [2.75, 3.05) is 0 Å². The zero-order chi connectivity index (χ0) is 15.5. The number of nitrogens with zero attached hydrogens (tertiary/aromatic N) is 1. The van der Waals surface area contributed by atoms with Gasteiger partial charge in [-0.05, 0) is 31.5 Å². The summed E-state index contributed by atoms with van der Waals surface area (Å²) in [5, 5.41) is 3.95. The smallest absolute Gasteiger partial charge is 0.253 e. The Labute approximate surface area is 130 Å². The Morgan fingerprint density at radius 2 is 1.86 bits per heavy atom. The quantitative estimate of drug-likeness (QED) is 0.797. The summed E-state index contributed by atoms with van der Waals surface area (Å²) in [6.07, 6.45) is 0. The highest BCUT2D eigenvalue weighted by atomic mass is 16.1. The Morgan fingerprint density at radius 3 is 2.68 bits per heavy atom. The van der Waals surface area contributed by atoms with E-state index in [-0.39, 0.29) is 5.91 Å². The maximum Gasteiger partial charge on any atom is 0.253 e. The average Bonchev–Trinajstić information content (AvgIpc) is 2.52. The number of hydrogen-bond acceptors (Lipinski definition) is 2. The van der Waals surface area contributed by atoms with Crippen LogP contribution in [-0.2, 0) is 6.54 Å². The van der Waals surface area contributed by atoms with Crippen LogP contribution < -0.4 is 5.32 Å². The molecule has 3 heteroatoms.